The van der Waals surface area contributed by atoms with Crippen molar-refractivity contribution in [3.05, 3.63) is 60.6 Å². The molecule has 6 heterocycles. The second-order valence-corrected chi connectivity index (χ2v) is 9.54. The number of anilines is 3. The standard InChI is InChI=1S/C26H22FN9O4/c1-14-6-18(17(27)8-20(14)40-16-2-3-36-22(7-16)29-13-31-36)32-24-23-19(28-12-30-24)9-21-25(33-23)34-4-5-35(26(37)38)15(10-34)11-39-21/h2-3,6-9,12-13,15H,4-5,10-11H2,1H3,(H,37,38)(H,28,30,32)/t15-/m0/s1. The van der Waals surface area contributed by atoms with Gasteiger partial charge in [-0.1, -0.05) is 0 Å². The highest BCUT2D eigenvalue weighted by Gasteiger charge is 2.35. The van der Waals surface area contributed by atoms with E-state index in [-0.39, 0.29) is 18.3 Å². The highest BCUT2D eigenvalue weighted by molar-refractivity contribution is 5.90. The van der Waals surface area contributed by atoms with Crippen molar-refractivity contribution in [1.29, 1.82) is 0 Å². The molecule has 0 spiro atoms. The van der Waals surface area contributed by atoms with E-state index in [1.165, 1.54) is 23.6 Å². The number of nitrogens with zero attached hydrogens (tertiary/aromatic N) is 8. The lowest BCUT2D eigenvalue weighted by Gasteiger charge is -2.37. The average Bonchev–Trinajstić information content (AvgIpc) is 3.37. The largest absolute Gasteiger partial charge is 0.487 e. The SMILES string of the molecule is Cc1cc(Nc2ncnc3cc4c(nc23)N2CCN(C(=O)O)[C@H](CO4)C2)c(F)cc1Oc1ccn2ncnc2c1. The maximum absolute atomic E-state index is 15.3. The number of carbonyl (C=O) groups is 1. The molecular weight excluding hydrogens is 521 g/mol. The third-order valence-corrected chi connectivity index (χ3v) is 7.01. The third-order valence-electron chi connectivity index (χ3n) is 7.01. The number of benzene rings is 1. The van der Waals surface area contributed by atoms with E-state index >= 15 is 4.39 Å². The van der Waals surface area contributed by atoms with Crippen molar-refractivity contribution in [3.8, 4) is 17.2 Å². The molecule has 0 unspecified atom stereocenters. The first-order chi connectivity index (χ1) is 19.4. The fourth-order valence-corrected chi connectivity index (χ4v) is 4.99. The zero-order chi connectivity index (χ0) is 27.4. The minimum absolute atomic E-state index is 0.195. The van der Waals surface area contributed by atoms with Crippen LogP contribution >= 0.6 is 0 Å². The smallest absolute Gasteiger partial charge is 0.407 e. The summed E-state index contributed by atoms with van der Waals surface area (Å²) in [6.45, 7) is 3.28. The third kappa shape index (κ3) is 4.09. The first-order valence-electron chi connectivity index (χ1n) is 12.5. The van der Waals surface area contributed by atoms with E-state index in [2.05, 4.69) is 25.4 Å². The minimum atomic E-state index is -0.972. The molecule has 7 rings (SSSR count). The molecule has 1 aromatic carbocycles. The molecule has 0 aliphatic carbocycles. The molecule has 4 aromatic heterocycles. The van der Waals surface area contributed by atoms with Crippen LogP contribution in [0.15, 0.2) is 49.2 Å². The molecule has 2 aliphatic rings. The lowest BCUT2D eigenvalue weighted by molar-refractivity contribution is 0.101. The Labute approximate surface area is 225 Å². The van der Waals surface area contributed by atoms with E-state index in [0.29, 0.717) is 70.8 Å². The molecule has 202 valence electrons. The summed E-state index contributed by atoms with van der Waals surface area (Å²) >= 11 is 0. The summed E-state index contributed by atoms with van der Waals surface area (Å²) in [5, 5.41) is 16.6. The van der Waals surface area contributed by atoms with Crippen molar-refractivity contribution in [2.45, 2.75) is 13.0 Å². The molecule has 1 atom stereocenters. The number of ether oxygens (including phenoxy) is 2. The Morgan fingerprint density at radius 2 is 2.08 bits per heavy atom. The van der Waals surface area contributed by atoms with Crippen molar-refractivity contribution in [3.63, 3.8) is 0 Å². The second-order valence-electron chi connectivity index (χ2n) is 9.54. The number of halogens is 1. The first-order valence-corrected chi connectivity index (χ1v) is 12.5. The Morgan fingerprint density at radius 1 is 1.18 bits per heavy atom. The van der Waals surface area contributed by atoms with Gasteiger partial charge >= 0.3 is 6.09 Å². The molecule has 5 aromatic rings. The van der Waals surface area contributed by atoms with Crippen LogP contribution in [0.25, 0.3) is 16.7 Å². The van der Waals surface area contributed by atoms with Crippen molar-refractivity contribution in [2.75, 3.05) is 36.5 Å². The molecule has 0 saturated carbocycles. The van der Waals surface area contributed by atoms with Gasteiger partial charge < -0.3 is 24.8 Å². The summed E-state index contributed by atoms with van der Waals surface area (Å²) in [5.74, 6) is 1.73. The number of aromatic nitrogens is 6. The zero-order valence-corrected chi connectivity index (χ0v) is 21.2. The first kappa shape index (κ1) is 23.8. The quantitative estimate of drug-likeness (QED) is 0.343. The number of carboxylic acid groups (broad SMARTS) is 1. The highest BCUT2D eigenvalue weighted by Crippen LogP contribution is 2.37. The number of hydrogen-bond acceptors (Lipinski definition) is 10. The number of amides is 1. The molecule has 14 heteroatoms. The predicted octanol–water partition coefficient (Wildman–Crippen LogP) is 3.61. The van der Waals surface area contributed by atoms with Crippen LogP contribution < -0.4 is 19.7 Å². The van der Waals surface area contributed by atoms with Crippen LogP contribution in [0.2, 0.25) is 0 Å². The van der Waals surface area contributed by atoms with Crippen LogP contribution in [0, 0.1) is 12.7 Å². The lowest BCUT2D eigenvalue weighted by Crippen LogP contribution is -2.56. The normalized spacial score (nSPS) is 16.4. The average molecular weight is 544 g/mol. The summed E-state index contributed by atoms with van der Waals surface area (Å²) in [6, 6.07) is 7.82. The summed E-state index contributed by atoms with van der Waals surface area (Å²) in [4.78, 5) is 32.6. The number of aryl methyl sites for hydroxylation is 1. The summed E-state index contributed by atoms with van der Waals surface area (Å²) in [6.07, 6.45) is 3.55. The molecule has 2 N–H and O–H groups in total. The van der Waals surface area contributed by atoms with Gasteiger partial charge in [0.1, 0.15) is 42.1 Å². The molecule has 1 amide bonds. The summed E-state index contributed by atoms with van der Waals surface area (Å²) in [5.41, 5.74) is 2.44. The molecule has 0 radical (unpaired) electrons. The number of pyridine rings is 2. The minimum Gasteiger partial charge on any atom is -0.487 e. The number of hydrogen-bond donors (Lipinski definition) is 2. The van der Waals surface area contributed by atoms with Crippen LogP contribution in [-0.4, -0.2) is 77.9 Å². The van der Waals surface area contributed by atoms with Crippen molar-refractivity contribution in [2.24, 2.45) is 0 Å². The molecule has 2 aliphatic heterocycles. The zero-order valence-electron chi connectivity index (χ0n) is 21.2. The Hall–Kier alpha value is -5.27. The van der Waals surface area contributed by atoms with E-state index in [9.17, 15) is 9.90 Å². The van der Waals surface area contributed by atoms with E-state index in [0.717, 1.165) is 0 Å². The highest BCUT2D eigenvalue weighted by atomic mass is 19.1. The topological polar surface area (TPSA) is 143 Å². The Morgan fingerprint density at radius 3 is 2.95 bits per heavy atom. The van der Waals surface area contributed by atoms with Gasteiger partial charge in [0.25, 0.3) is 0 Å². The van der Waals surface area contributed by atoms with Crippen LogP contribution in [0.3, 0.4) is 0 Å². The molecule has 2 bridgehead atoms. The van der Waals surface area contributed by atoms with Crippen molar-refractivity contribution in [1.82, 2.24) is 34.4 Å². The van der Waals surface area contributed by atoms with Gasteiger partial charge in [-0.3, -0.25) is 4.90 Å². The Bertz CT molecular complexity index is 1800. The molecule has 13 nitrogen and oxygen atoms in total. The van der Waals surface area contributed by atoms with Gasteiger partial charge in [-0.2, -0.15) is 5.10 Å². The van der Waals surface area contributed by atoms with Gasteiger partial charge in [-0.05, 0) is 24.6 Å². The van der Waals surface area contributed by atoms with Gasteiger partial charge in [-0.25, -0.2) is 33.6 Å². The number of nitrogens with one attached hydrogen (secondary N) is 1. The molecule has 40 heavy (non-hydrogen) atoms. The predicted molar refractivity (Wildman–Crippen MR) is 141 cm³/mol. The van der Waals surface area contributed by atoms with Crippen molar-refractivity contribution >= 4 is 40.1 Å². The van der Waals surface area contributed by atoms with Crippen LogP contribution in [0.1, 0.15) is 5.56 Å². The molecular formula is C26H22FN9O4. The fourth-order valence-electron chi connectivity index (χ4n) is 4.99. The van der Waals surface area contributed by atoms with E-state index in [1.807, 2.05) is 11.8 Å². The molecule has 1 saturated heterocycles. The number of piperazine rings is 1. The monoisotopic (exact) mass is 543 g/mol. The van der Waals surface area contributed by atoms with Gasteiger partial charge in [0.15, 0.2) is 23.0 Å². The second kappa shape index (κ2) is 9.18. The van der Waals surface area contributed by atoms with Crippen molar-refractivity contribution < 1.29 is 23.8 Å². The maximum atomic E-state index is 15.3. The van der Waals surface area contributed by atoms with Gasteiger partial charge in [0, 0.05) is 44.0 Å². The van der Waals surface area contributed by atoms with Gasteiger partial charge in [0.2, 0.25) is 0 Å². The van der Waals surface area contributed by atoms with Gasteiger partial charge in [0.05, 0.1) is 17.2 Å². The Kier molecular flexibility index (Phi) is 5.47. The fraction of sp³-hybridized carbons (Fsp3) is 0.231. The van der Waals surface area contributed by atoms with E-state index < -0.39 is 11.9 Å². The summed E-state index contributed by atoms with van der Waals surface area (Å²) < 4.78 is 28.8. The van der Waals surface area contributed by atoms with Gasteiger partial charge in [-0.15, -0.1) is 0 Å². The van der Waals surface area contributed by atoms with E-state index in [4.69, 9.17) is 14.5 Å². The number of fused-ring (bicyclic) bond motifs is 6. The summed E-state index contributed by atoms with van der Waals surface area (Å²) in [7, 11) is 0. The van der Waals surface area contributed by atoms with Crippen LogP contribution in [-0.2, 0) is 0 Å². The lowest BCUT2D eigenvalue weighted by atomic mass is 10.2. The number of rotatable bonds is 4. The van der Waals surface area contributed by atoms with Crippen LogP contribution in [0.4, 0.5) is 26.5 Å². The Balaban J connectivity index is 1.19. The van der Waals surface area contributed by atoms with E-state index in [1.54, 1.807) is 35.0 Å². The van der Waals surface area contributed by atoms with Crippen LogP contribution in [0.5, 0.6) is 17.2 Å². The maximum Gasteiger partial charge on any atom is 0.407 e. The molecule has 1 fully saturated rings.